The van der Waals surface area contributed by atoms with E-state index < -0.39 is 10.0 Å². The first-order chi connectivity index (χ1) is 9.45. The molecule has 1 aromatic rings. The minimum absolute atomic E-state index is 0.233. The summed E-state index contributed by atoms with van der Waals surface area (Å²) in [6, 6.07) is 1.67. The third-order valence-electron chi connectivity index (χ3n) is 3.75. The van der Waals surface area contributed by atoms with Crippen molar-refractivity contribution in [2.45, 2.75) is 11.3 Å². The van der Waals surface area contributed by atoms with Crippen LogP contribution in [0.15, 0.2) is 23.4 Å². The molecule has 1 aromatic heterocycles. The lowest BCUT2D eigenvalue weighted by Gasteiger charge is -2.22. The van der Waals surface area contributed by atoms with Crippen molar-refractivity contribution in [1.82, 2.24) is 14.2 Å². The van der Waals surface area contributed by atoms with E-state index in [0.29, 0.717) is 18.2 Å². The van der Waals surface area contributed by atoms with Crippen molar-refractivity contribution in [3.05, 3.63) is 18.5 Å². The summed E-state index contributed by atoms with van der Waals surface area (Å²) < 4.78 is 26.7. The minimum atomic E-state index is -3.50. The van der Waals surface area contributed by atoms with Gasteiger partial charge in [0, 0.05) is 39.6 Å². The molecule has 6 nitrogen and oxygen atoms in total. The molecular formula is C13H22N4O2S. The number of hydrogen-bond acceptors (Lipinski definition) is 5. The number of anilines is 1. The Kier molecular flexibility index (Phi) is 4.62. The first-order valence-electron chi connectivity index (χ1n) is 6.71. The molecule has 2 rings (SSSR count). The summed E-state index contributed by atoms with van der Waals surface area (Å²) in [5, 5.41) is 2.90. The Morgan fingerprint density at radius 3 is 2.90 bits per heavy atom. The molecule has 0 aromatic carbocycles. The lowest BCUT2D eigenvalue weighted by molar-refractivity contribution is 0.357. The molecule has 1 N–H and O–H groups in total. The summed E-state index contributed by atoms with van der Waals surface area (Å²) in [4.78, 5) is 6.39. The molecule has 1 unspecified atom stereocenters. The number of likely N-dealkylation sites (tertiary alicyclic amines) is 1. The average molecular weight is 298 g/mol. The minimum Gasteiger partial charge on any atom is -0.387 e. The van der Waals surface area contributed by atoms with Gasteiger partial charge in [-0.25, -0.2) is 12.7 Å². The summed E-state index contributed by atoms with van der Waals surface area (Å²) in [5.41, 5.74) is 0.579. The second-order valence-corrected chi connectivity index (χ2v) is 7.34. The first-order valence-corrected chi connectivity index (χ1v) is 8.16. The number of sulfonamides is 1. The molecule has 0 spiro atoms. The Balaban J connectivity index is 2.17. The van der Waals surface area contributed by atoms with E-state index in [1.165, 1.54) is 10.5 Å². The summed E-state index contributed by atoms with van der Waals surface area (Å²) in [6.07, 6.45) is 4.03. The molecule has 0 radical (unpaired) electrons. The molecule has 0 aliphatic carbocycles. The highest BCUT2D eigenvalue weighted by molar-refractivity contribution is 7.89. The van der Waals surface area contributed by atoms with Gasteiger partial charge < -0.3 is 10.2 Å². The largest absolute Gasteiger partial charge is 0.387 e. The number of pyridine rings is 1. The predicted molar refractivity (Wildman–Crippen MR) is 79.2 cm³/mol. The van der Waals surface area contributed by atoms with E-state index in [1.807, 2.05) is 0 Å². The Labute approximate surface area is 120 Å². The average Bonchev–Trinajstić information content (AvgIpc) is 2.84. The Morgan fingerprint density at radius 2 is 2.30 bits per heavy atom. The van der Waals surface area contributed by atoms with Gasteiger partial charge in [0.25, 0.3) is 0 Å². The van der Waals surface area contributed by atoms with Gasteiger partial charge in [0.1, 0.15) is 4.90 Å². The molecule has 1 aliphatic rings. The van der Waals surface area contributed by atoms with Gasteiger partial charge in [0.05, 0.1) is 5.69 Å². The van der Waals surface area contributed by atoms with Crippen LogP contribution in [0.5, 0.6) is 0 Å². The van der Waals surface area contributed by atoms with Crippen molar-refractivity contribution in [3.8, 4) is 0 Å². The van der Waals surface area contributed by atoms with Gasteiger partial charge in [0.15, 0.2) is 0 Å². The fraction of sp³-hybridized carbons (Fsp3) is 0.615. The van der Waals surface area contributed by atoms with Gasteiger partial charge in [-0.1, -0.05) is 0 Å². The Morgan fingerprint density at radius 1 is 1.55 bits per heavy atom. The predicted octanol–water partition coefficient (Wildman–Crippen LogP) is 0.696. The molecule has 1 atom stereocenters. The van der Waals surface area contributed by atoms with Gasteiger partial charge >= 0.3 is 0 Å². The van der Waals surface area contributed by atoms with E-state index in [-0.39, 0.29) is 4.90 Å². The molecule has 7 heteroatoms. The lowest BCUT2D eigenvalue weighted by Crippen LogP contribution is -2.33. The number of hydrogen-bond donors (Lipinski definition) is 1. The van der Waals surface area contributed by atoms with Crippen LogP contribution in [0.1, 0.15) is 6.42 Å². The monoisotopic (exact) mass is 298 g/mol. The van der Waals surface area contributed by atoms with Gasteiger partial charge in [-0.2, -0.15) is 0 Å². The van der Waals surface area contributed by atoms with Crippen molar-refractivity contribution in [2.75, 3.05) is 46.1 Å². The summed E-state index contributed by atoms with van der Waals surface area (Å²) in [6.45, 7) is 2.53. The van der Waals surface area contributed by atoms with Crippen molar-refractivity contribution in [3.63, 3.8) is 0 Å². The third-order valence-corrected chi connectivity index (χ3v) is 5.60. The fourth-order valence-corrected chi connectivity index (χ4v) is 3.98. The van der Waals surface area contributed by atoms with Crippen molar-refractivity contribution in [2.24, 2.45) is 5.92 Å². The van der Waals surface area contributed by atoms with Crippen LogP contribution >= 0.6 is 0 Å². The third kappa shape index (κ3) is 3.11. The maximum Gasteiger partial charge on any atom is 0.246 e. The highest BCUT2D eigenvalue weighted by Crippen LogP contribution is 2.24. The maximum atomic E-state index is 12.6. The van der Waals surface area contributed by atoms with Crippen LogP contribution in [0.3, 0.4) is 0 Å². The Bertz CT molecular complexity index is 561. The summed E-state index contributed by atoms with van der Waals surface area (Å²) >= 11 is 0. The normalized spacial score (nSPS) is 20.5. The van der Waals surface area contributed by atoms with E-state index in [9.17, 15) is 8.42 Å². The van der Waals surface area contributed by atoms with Crippen LogP contribution in [0.4, 0.5) is 5.69 Å². The second-order valence-electron chi connectivity index (χ2n) is 5.32. The van der Waals surface area contributed by atoms with E-state index in [4.69, 9.17) is 0 Å². The zero-order valence-corrected chi connectivity index (χ0v) is 13.0. The lowest BCUT2D eigenvalue weighted by atomic mass is 10.1. The van der Waals surface area contributed by atoms with Crippen LogP contribution < -0.4 is 5.32 Å². The summed E-state index contributed by atoms with van der Waals surface area (Å²) in [5.74, 6) is 0.398. The number of rotatable bonds is 5. The topological polar surface area (TPSA) is 65.5 Å². The van der Waals surface area contributed by atoms with Crippen molar-refractivity contribution < 1.29 is 8.42 Å². The smallest absolute Gasteiger partial charge is 0.246 e. The van der Waals surface area contributed by atoms with Gasteiger partial charge in [0.2, 0.25) is 10.0 Å². The van der Waals surface area contributed by atoms with Gasteiger partial charge in [-0.15, -0.1) is 0 Å². The van der Waals surface area contributed by atoms with Crippen LogP contribution in [0, 0.1) is 5.92 Å². The molecule has 0 saturated carbocycles. The number of nitrogens with zero attached hydrogens (tertiary/aromatic N) is 3. The van der Waals surface area contributed by atoms with Crippen molar-refractivity contribution in [1.29, 1.82) is 0 Å². The van der Waals surface area contributed by atoms with Gasteiger partial charge in [-0.3, -0.25) is 4.98 Å². The molecule has 1 saturated heterocycles. The maximum absolute atomic E-state index is 12.6. The molecule has 112 valence electrons. The van der Waals surface area contributed by atoms with Gasteiger partial charge in [-0.05, 0) is 32.0 Å². The number of nitrogens with one attached hydrogen (secondary N) is 1. The van der Waals surface area contributed by atoms with E-state index in [0.717, 1.165) is 19.5 Å². The molecule has 1 fully saturated rings. The standard InChI is InChI=1S/C13H22N4O2S/c1-14-12-4-6-15-8-13(12)20(18,19)17(3)10-11-5-7-16(2)9-11/h4,6,8,11H,5,7,9-10H2,1-3H3,(H,14,15). The Hall–Kier alpha value is -1.18. The van der Waals surface area contributed by atoms with Crippen LogP contribution in [-0.4, -0.2) is 63.4 Å². The fourth-order valence-electron chi connectivity index (χ4n) is 2.60. The molecule has 0 amide bonds. The molecule has 0 bridgehead atoms. The number of aromatic nitrogens is 1. The zero-order chi connectivity index (χ0) is 14.8. The van der Waals surface area contributed by atoms with Crippen LogP contribution in [0.25, 0.3) is 0 Å². The highest BCUT2D eigenvalue weighted by Gasteiger charge is 2.28. The first kappa shape index (κ1) is 15.2. The van der Waals surface area contributed by atoms with Crippen LogP contribution in [-0.2, 0) is 10.0 Å². The van der Waals surface area contributed by atoms with Crippen molar-refractivity contribution >= 4 is 15.7 Å². The zero-order valence-electron chi connectivity index (χ0n) is 12.2. The highest BCUT2D eigenvalue weighted by atomic mass is 32.2. The van der Waals surface area contributed by atoms with Crippen LogP contribution in [0.2, 0.25) is 0 Å². The molecule has 2 heterocycles. The van der Waals surface area contributed by atoms with E-state index in [2.05, 4.69) is 22.2 Å². The SMILES string of the molecule is CNc1ccncc1S(=O)(=O)N(C)CC1CCN(C)C1. The quantitative estimate of drug-likeness (QED) is 0.866. The molecular weight excluding hydrogens is 276 g/mol. The summed E-state index contributed by atoms with van der Waals surface area (Å²) in [7, 11) is 1.91. The molecule has 1 aliphatic heterocycles. The van der Waals surface area contributed by atoms with E-state index >= 15 is 0 Å². The van der Waals surface area contributed by atoms with E-state index in [1.54, 1.807) is 26.4 Å². The second kappa shape index (κ2) is 6.07. The molecule has 20 heavy (non-hydrogen) atoms.